The van der Waals surface area contributed by atoms with Crippen LogP contribution in [0.15, 0.2) is 36.5 Å². The van der Waals surface area contributed by atoms with E-state index in [4.69, 9.17) is 10.7 Å². The fourth-order valence-corrected chi connectivity index (χ4v) is 3.97. The Balaban J connectivity index is 1.48. The number of likely N-dealkylation sites (N-methyl/N-ethyl adjacent to an activating group) is 1. The number of aryl methyl sites for hydroxylation is 1. The van der Waals surface area contributed by atoms with Gasteiger partial charge in [0.15, 0.2) is 5.82 Å². The number of carbonyl (C=O) groups excluding carboxylic acids is 1. The van der Waals surface area contributed by atoms with E-state index in [1.807, 2.05) is 6.20 Å². The van der Waals surface area contributed by atoms with E-state index in [2.05, 4.69) is 45.4 Å². The van der Waals surface area contributed by atoms with Crippen LogP contribution in [0.4, 0.5) is 11.6 Å². The van der Waals surface area contributed by atoms with E-state index in [-0.39, 0.29) is 5.75 Å². The molecule has 32 heavy (non-hydrogen) atoms. The van der Waals surface area contributed by atoms with Gasteiger partial charge in [-0.3, -0.25) is 9.89 Å². The van der Waals surface area contributed by atoms with Crippen LogP contribution in [0.3, 0.4) is 0 Å². The number of hydrogen-bond donors (Lipinski definition) is 4. The molecule has 168 valence electrons. The number of aromatic hydroxyl groups is 1. The summed E-state index contributed by atoms with van der Waals surface area (Å²) in [5, 5.41) is 19.8. The van der Waals surface area contributed by atoms with Crippen LogP contribution >= 0.6 is 0 Å². The van der Waals surface area contributed by atoms with Crippen LogP contribution in [0.5, 0.6) is 5.75 Å². The van der Waals surface area contributed by atoms with Crippen molar-refractivity contribution < 1.29 is 9.90 Å². The Hall–Kier alpha value is -3.59. The lowest BCUT2D eigenvalue weighted by Crippen LogP contribution is -2.45. The number of H-pyrrole nitrogens is 1. The zero-order chi connectivity index (χ0) is 22.7. The van der Waals surface area contributed by atoms with Gasteiger partial charge in [-0.15, -0.1) is 0 Å². The molecular weight excluding hydrogens is 406 g/mol. The lowest BCUT2D eigenvalue weighted by molar-refractivity contribution is 0.100. The highest BCUT2D eigenvalue weighted by Gasteiger charge is 2.20. The molecule has 3 aromatic rings. The van der Waals surface area contributed by atoms with Gasteiger partial charge in [0.2, 0.25) is 0 Å². The fourth-order valence-electron chi connectivity index (χ4n) is 3.97. The van der Waals surface area contributed by atoms with E-state index in [0.29, 0.717) is 30.0 Å². The number of pyridine rings is 1. The highest BCUT2D eigenvalue weighted by Crippen LogP contribution is 2.23. The number of amides is 1. The molecule has 0 aliphatic carbocycles. The normalized spacial score (nSPS) is 14.5. The average Bonchev–Trinajstić information content (AvgIpc) is 3.17. The summed E-state index contributed by atoms with van der Waals surface area (Å²) in [5.41, 5.74) is 9.71. The zero-order valence-corrected chi connectivity index (χ0v) is 18.4. The number of rotatable bonds is 7. The molecule has 0 unspecified atom stereocenters. The van der Waals surface area contributed by atoms with E-state index in [0.717, 1.165) is 48.7 Å². The first-order valence-electron chi connectivity index (χ1n) is 10.7. The van der Waals surface area contributed by atoms with E-state index in [9.17, 15) is 9.90 Å². The number of nitrogens with two attached hydrogens (primary N) is 1. The van der Waals surface area contributed by atoms with Gasteiger partial charge in [0.05, 0.1) is 5.69 Å². The number of nitrogens with one attached hydrogen (secondary N) is 2. The Morgan fingerprint density at radius 2 is 1.91 bits per heavy atom. The van der Waals surface area contributed by atoms with Crippen molar-refractivity contribution in [3.8, 4) is 5.75 Å². The lowest BCUT2D eigenvalue weighted by atomic mass is 10.1. The number of aromatic nitrogens is 3. The summed E-state index contributed by atoms with van der Waals surface area (Å²) in [6.07, 6.45) is 2.33. The number of piperazine rings is 1. The predicted octanol–water partition coefficient (Wildman–Crippen LogP) is 1.87. The van der Waals surface area contributed by atoms with Gasteiger partial charge in [0.25, 0.3) is 5.91 Å². The van der Waals surface area contributed by atoms with Crippen molar-refractivity contribution in [2.24, 2.45) is 5.73 Å². The Bertz CT molecular complexity index is 1090. The molecular formula is C23H29N7O2. The molecule has 0 saturated carbocycles. The van der Waals surface area contributed by atoms with Crippen molar-refractivity contribution in [3.05, 3.63) is 64.5 Å². The van der Waals surface area contributed by atoms with E-state index in [1.54, 1.807) is 24.3 Å². The first-order chi connectivity index (χ1) is 15.4. The molecule has 1 fully saturated rings. The van der Waals surface area contributed by atoms with Gasteiger partial charge >= 0.3 is 0 Å². The number of phenolic OH excluding ortho intramolecular Hbond substituents is 1. The number of primary amides is 1. The second-order valence-electron chi connectivity index (χ2n) is 8.26. The van der Waals surface area contributed by atoms with Gasteiger partial charge in [0.1, 0.15) is 17.1 Å². The minimum Gasteiger partial charge on any atom is -0.508 e. The van der Waals surface area contributed by atoms with Crippen molar-refractivity contribution in [3.63, 3.8) is 0 Å². The van der Waals surface area contributed by atoms with Crippen molar-refractivity contribution in [1.82, 2.24) is 20.1 Å². The third-order valence-electron chi connectivity index (χ3n) is 5.77. The Kier molecular flexibility index (Phi) is 6.27. The number of nitrogens with zero attached hydrogens (tertiary/aromatic N) is 4. The highest BCUT2D eigenvalue weighted by molar-refractivity contribution is 5.98. The monoisotopic (exact) mass is 435 g/mol. The SMILES string of the molecule is Cc1cc(Cc2[nH]nc(NCc3ccc(O)cc3)c2C(N)=O)cnc1N1CCN(C)CC1. The number of carbonyl (C=O) groups is 1. The first-order valence-corrected chi connectivity index (χ1v) is 10.7. The van der Waals surface area contributed by atoms with Crippen LogP contribution in [-0.2, 0) is 13.0 Å². The molecule has 1 aliphatic heterocycles. The number of aromatic amines is 1. The molecule has 2 aromatic heterocycles. The summed E-state index contributed by atoms with van der Waals surface area (Å²) in [6.45, 7) is 6.50. The van der Waals surface area contributed by atoms with E-state index in [1.165, 1.54) is 0 Å². The largest absolute Gasteiger partial charge is 0.508 e. The molecule has 1 saturated heterocycles. The maximum atomic E-state index is 12.2. The molecule has 9 nitrogen and oxygen atoms in total. The van der Waals surface area contributed by atoms with Gasteiger partial charge in [-0.05, 0) is 42.8 Å². The van der Waals surface area contributed by atoms with Gasteiger partial charge in [-0.2, -0.15) is 5.10 Å². The average molecular weight is 436 g/mol. The van der Waals surface area contributed by atoms with Crippen LogP contribution < -0.4 is 16.0 Å². The van der Waals surface area contributed by atoms with Crippen molar-refractivity contribution in [1.29, 1.82) is 0 Å². The van der Waals surface area contributed by atoms with Crippen LogP contribution in [0.25, 0.3) is 0 Å². The quantitative estimate of drug-likeness (QED) is 0.447. The Labute approximate surface area is 187 Å². The first kappa shape index (κ1) is 21.6. The van der Waals surface area contributed by atoms with Gasteiger partial charge in [-0.1, -0.05) is 18.2 Å². The molecule has 0 bridgehead atoms. The Morgan fingerprint density at radius 3 is 2.56 bits per heavy atom. The third kappa shape index (κ3) is 4.83. The number of benzene rings is 1. The second kappa shape index (κ2) is 9.27. The van der Waals surface area contributed by atoms with E-state index < -0.39 is 5.91 Å². The highest BCUT2D eigenvalue weighted by atomic mass is 16.3. The minimum atomic E-state index is -0.541. The summed E-state index contributed by atoms with van der Waals surface area (Å²) in [6, 6.07) is 8.94. The fraction of sp³-hybridized carbons (Fsp3) is 0.348. The summed E-state index contributed by atoms with van der Waals surface area (Å²) in [4.78, 5) is 21.5. The van der Waals surface area contributed by atoms with Crippen LogP contribution in [0, 0.1) is 6.92 Å². The third-order valence-corrected chi connectivity index (χ3v) is 5.77. The summed E-state index contributed by atoms with van der Waals surface area (Å²) in [7, 11) is 2.13. The molecule has 1 aliphatic rings. The lowest BCUT2D eigenvalue weighted by Gasteiger charge is -2.34. The molecule has 4 rings (SSSR count). The van der Waals surface area contributed by atoms with Gasteiger partial charge < -0.3 is 26.0 Å². The standard InChI is InChI=1S/C23H29N7O2/c1-15-11-17(14-26-23(15)30-9-7-29(2)8-10-30)12-19-20(21(24)32)22(28-27-19)25-13-16-3-5-18(31)6-4-16/h3-6,11,14,31H,7-10,12-13H2,1-2H3,(H2,24,32)(H2,25,27,28). The van der Waals surface area contributed by atoms with Gasteiger partial charge in [0, 0.05) is 45.3 Å². The number of anilines is 2. The van der Waals surface area contributed by atoms with E-state index >= 15 is 0 Å². The minimum absolute atomic E-state index is 0.205. The smallest absolute Gasteiger partial charge is 0.254 e. The predicted molar refractivity (Wildman–Crippen MR) is 124 cm³/mol. The summed E-state index contributed by atoms with van der Waals surface area (Å²) >= 11 is 0. The molecule has 9 heteroatoms. The van der Waals surface area contributed by atoms with Crippen molar-refractivity contribution in [2.75, 3.05) is 43.4 Å². The molecule has 3 heterocycles. The molecule has 5 N–H and O–H groups in total. The maximum absolute atomic E-state index is 12.2. The molecule has 0 radical (unpaired) electrons. The summed E-state index contributed by atoms with van der Waals surface area (Å²) < 4.78 is 0. The maximum Gasteiger partial charge on any atom is 0.254 e. The summed E-state index contributed by atoms with van der Waals surface area (Å²) in [5.74, 6) is 1.09. The second-order valence-corrected chi connectivity index (χ2v) is 8.26. The zero-order valence-electron chi connectivity index (χ0n) is 18.4. The van der Waals surface area contributed by atoms with Crippen LogP contribution in [0.2, 0.25) is 0 Å². The molecule has 0 spiro atoms. The molecule has 0 atom stereocenters. The molecule has 1 aromatic carbocycles. The topological polar surface area (TPSA) is 123 Å². The van der Waals surface area contributed by atoms with Crippen LogP contribution in [-0.4, -0.2) is 64.3 Å². The Morgan fingerprint density at radius 1 is 1.19 bits per heavy atom. The van der Waals surface area contributed by atoms with Crippen molar-refractivity contribution in [2.45, 2.75) is 19.9 Å². The van der Waals surface area contributed by atoms with Crippen molar-refractivity contribution >= 4 is 17.5 Å². The number of phenols is 1. The van der Waals surface area contributed by atoms with Gasteiger partial charge in [-0.25, -0.2) is 4.98 Å². The van der Waals surface area contributed by atoms with Crippen LogP contribution in [0.1, 0.15) is 32.7 Å². The molecule has 1 amide bonds. The number of hydrogen-bond acceptors (Lipinski definition) is 7.